The third-order valence-electron chi connectivity index (χ3n) is 2.46. The molecule has 5 heteroatoms. The summed E-state index contributed by atoms with van der Waals surface area (Å²) >= 11 is 9.31. The zero-order chi connectivity index (χ0) is 11.1. The summed E-state index contributed by atoms with van der Waals surface area (Å²) in [6, 6.07) is 1.81. The van der Waals surface area contributed by atoms with Gasteiger partial charge in [-0.25, -0.2) is 9.97 Å². The molecule has 0 radical (unpaired) electrons. The number of aromatic nitrogens is 2. The SMILES string of the molecule is Clc1cc2c(Br)cnc(OC3CC3)c2cn1. The summed E-state index contributed by atoms with van der Waals surface area (Å²) in [4.78, 5) is 8.33. The lowest BCUT2D eigenvalue weighted by atomic mass is 10.2. The van der Waals surface area contributed by atoms with Gasteiger partial charge in [-0.2, -0.15) is 0 Å². The second-order valence-electron chi connectivity index (χ2n) is 3.78. The average molecular weight is 300 g/mol. The molecule has 2 aromatic rings. The van der Waals surface area contributed by atoms with Gasteiger partial charge in [-0.15, -0.1) is 0 Å². The predicted octanol–water partition coefficient (Wildman–Crippen LogP) is 3.59. The molecule has 0 N–H and O–H groups in total. The van der Waals surface area contributed by atoms with Crippen molar-refractivity contribution < 1.29 is 4.74 Å². The van der Waals surface area contributed by atoms with E-state index in [1.807, 2.05) is 6.07 Å². The second kappa shape index (κ2) is 3.86. The first-order chi connectivity index (χ1) is 7.74. The van der Waals surface area contributed by atoms with Crippen molar-refractivity contribution in [3.8, 4) is 5.88 Å². The van der Waals surface area contributed by atoms with Crippen molar-refractivity contribution in [1.29, 1.82) is 0 Å². The standard InChI is InChI=1S/C11H8BrClN2O/c12-9-5-15-11(16-6-1-2-6)8-4-14-10(13)3-7(8)9/h3-6H,1-2H2. The minimum absolute atomic E-state index is 0.326. The van der Waals surface area contributed by atoms with Crippen molar-refractivity contribution in [2.24, 2.45) is 0 Å². The monoisotopic (exact) mass is 298 g/mol. The Kier molecular flexibility index (Phi) is 2.48. The normalized spacial score (nSPS) is 15.4. The number of rotatable bonds is 2. The summed E-state index contributed by atoms with van der Waals surface area (Å²) < 4.78 is 6.62. The highest BCUT2D eigenvalue weighted by Crippen LogP contribution is 2.33. The molecular formula is C11H8BrClN2O. The van der Waals surface area contributed by atoms with Gasteiger partial charge in [0.2, 0.25) is 5.88 Å². The zero-order valence-electron chi connectivity index (χ0n) is 8.28. The van der Waals surface area contributed by atoms with Crippen molar-refractivity contribution in [2.75, 3.05) is 0 Å². The van der Waals surface area contributed by atoms with E-state index >= 15 is 0 Å². The third-order valence-corrected chi connectivity index (χ3v) is 3.29. The maximum atomic E-state index is 5.87. The van der Waals surface area contributed by atoms with Gasteiger partial charge in [0.1, 0.15) is 11.3 Å². The molecule has 0 aliphatic heterocycles. The number of ether oxygens (including phenoxy) is 1. The molecule has 1 aliphatic carbocycles. The fourth-order valence-electron chi connectivity index (χ4n) is 1.49. The van der Waals surface area contributed by atoms with Crippen LogP contribution in [0.1, 0.15) is 12.8 Å². The maximum absolute atomic E-state index is 5.87. The molecule has 0 amide bonds. The largest absolute Gasteiger partial charge is 0.474 e. The van der Waals surface area contributed by atoms with E-state index < -0.39 is 0 Å². The molecule has 16 heavy (non-hydrogen) atoms. The van der Waals surface area contributed by atoms with Gasteiger partial charge in [-0.1, -0.05) is 11.6 Å². The van der Waals surface area contributed by atoms with E-state index in [-0.39, 0.29) is 0 Å². The van der Waals surface area contributed by atoms with Gasteiger partial charge in [0.15, 0.2) is 0 Å². The first kappa shape index (κ1) is 10.3. The first-order valence-electron chi connectivity index (χ1n) is 5.00. The predicted molar refractivity (Wildman–Crippen MR) is 65.9 cm³/mol. The van der Waals surface area contributed by atoms with Gasteiger partial charge in [0.25, 0.3) is 0 Å². The molecule has 0 spiro atoms. The summed E-state index contributed by atoms with van der Waals surface area (Å²) in [5.74, 6) is 0.643. The average Bonchev–Trinajstić information content (AvgIpc) is 3.06. The van der Waals surface area contributed by atoms with E-state index in [0.29, 0.717) is 17.1 Å². The number of hydrogen-bond acceptors (Lipinski definition) is 3. The van der Waals surface area contributed by atoms with Crippen LogP contribution in [0.5, 0.6) is 5.88 Å². The third kappa shape index (κ3) is 1.87. The van der Waals surface area contributed by atoms with Crippen molar-refractivity contribution in [1.82, 2.24) is 9.97 Å². The lowest BCUT2D eigenvalue weighted by molar-refractivity contribution is 0.295. The van der Waals surface area contributed by atoms with Crippen LogP contribution in [0.3, 0.4) is 0 Å². The molecule has 1 fully saturated rings. The molecule has 0 unspecified atom stereocenters. The highest BCUT2D eigenvalue weighted by Gasteiger charge is 2.25. The van der Waals surface area contributed by atoms with Gasteiger partial charge in [-0.05, 0) is 34.8 Å². The smallest absolute Gasteiger partial charge is 0.223 e. The van der Waals surface area contributed by atoms with Crippen molar-refractivity contribution >= 4 is 38.3 Å². The molecule has 3 rings (SSSR count). The summed E-state index contributed by atoms with van der Waals surface area (Å²) in [6.07, 6.45) is 5.98. The quantitative estimate of drug-likeness (QED) is 0.795. The molecule has 0 aromatic carbocycles. The Balaban J connectivity index is 2.17. The van der Waals surface area contributed by atoms with Crippen LogP contribution in [0.25, 0.3) is 10.8 Å². The van der Waals surface area contributed by atoms with Gasteiger partial charge in [0.05, 0.1) is 5.39 Å². The molecule has 2 heterocycles. The number of pyridine rings is 2. The Morgan fingerprint density at radius 2 is 2.06 bits per heavy atom. The second-order valence-corrected chi connectivity index (χ2v) is 5.02. The van der Waals surface area contributed by atoms with Crippen LogP contribution in [0.15, 0.2) is 22.9 Å². The van der Waals surface area contributed by atoms with Crippen molar-refractivity contribution in [3.63, 3.8) is 0 Å². The fraction of sp³-hybridized carbons (Fsp3) is 0.273. The van der Waals surface area contributed by atoms with Crippen LogP contribution in [0.4, 0.5) is 0 Å². The molecule has 2 aromatic heterocycles. The van der Waals surface area contributed by atoms with E-state index in [0.717, 1.165) is 28.1 Å². The van der Waals surface area contributed by atoms with Crippen LogP contribution < -0.4 is 4.74 Å². The van der Waals surface area contributed by atoms with E-state index in [9.17, 15) is 0 Å². The minimum atomic E-state index is 0.326. The van der Waals surface area contributed by atoms with Gasteiger partial charge < -0.3 is 4.74 Å². The Hall–Kier alpha value is -0.870. The number of halogens is 2. The van der Waals surface area contributed by atoms with Crippen LogP contribution in [0.2, 0.25) is 5.15 Å². The highest BCUT2D eigenvalue weighted by molar-refractivity contribution is 9.10. The van der Waals surface area contributed by atoms with Gasteiger partial charge in [0, 0.05) is 22.3 Å². The van der Waals surface area contributed by atoms with E-state index in [1.54, 1.807) is 12.4 Å². The maximum Gasteiger partial charge on any atom is 0.223 e. The Bertz CT molecular complexity index is 557. The Labute approximate surface area is 106 Å². The molecular weight excluding hydrogens is 291 g/mol. The van der Waals surface area contributed by atoms with Crippen LogP contribution >= 0.6 is 27.5 Å². The number of nitrogens with zero attached hydrogens (tertiary/aromatic N) is 2. The summed E-state index contributed by atoms with van der Waals surface area (Å²) in [5, 5.41) is 2.34. The first-order valence-corrected chi connectivity index (χ1v) is 6.17. The molecule has 0 saturated heterocycles. The van der Waals surface area contributed by atoms with Gasteiger partial charge >= 0.3 is 0 Å². The van der Waals surface area contributed by atoms with E-state index in [2.05, 4.69) is 25.9 Å². The van der Waals surface area contributed by atoms with E-state index in [4.69, 9.17) is 16.3 Å². The van der Waals surface area contributed by atoms with E-state index in [1.165, 1.54) is 0 Å². The molecule has 3 nitrogen and oxygen atoms in total. The summed E-state index contributed by atoms with van der Waals surface area (Å²) in [7, 11) is 0. The fourth-order valence-corrected chi connectivity index (χ4v) is 2.08. The Morgan fingerprint density at radius 3 is 2.81 bits per heavy atom. The lowest BCUT2D eigenvalue weighted by Crippen LogP contribution is -1.99. The number of hydrogen-bond donors (Lipinski definition) is 0. The molecule has 1 aliphatic rings. The van der Waals surface area contributed by atoms with Crippen LogP contribution in [0, 0.1) is 0 Å². The number of fused-ring (bicyclic) bond motifs is 1. The van der Waals surface area contributed by atoms with Crippen molar-refractivity contribution in [3.05, 3.63) is 28.1 Å². The Morgan fingerprint density at radius 1 is 1.25 bits per heavy atom. The van der Waals surface area contributed by atoms with Crippen LogP contribution in [-0.4, -0.2) is 16.1 Å². The molecule has 0 bridgehead atoms. The topological polar surface area (TPSA) is 35.0 Å². The zero-order valence-corrected chi connectivity index (χ0v) is 10.6. The molecule has 82 valence electrons. The molecule has 0 atom stereocenters. The van der Waals surface area contributed by atoms with Gasteiger partial charge in [-0.3, -0.25) is 0 Å². The summed E-state index contributed by atoms with van der Waals surface area (Å²) in [6.45, 7) is 0. The van der Waals surface area contributed by atoms with Crippen LogP contribution in [-0.2, 0) is 0 Å². The van der Waals surface area contributed by atoms with Crippen molar-refractivity contribution in [2.45, 2.75) is 18.9 Å². The molecule has 1 saturated carbocycles. The highest BCUT2D eigenvalue weighted by atomic mass is 79.9. The lowest BCUT2D eigenvalue weighted by Gasteiger charge is -2.08. The minimum Gasteiger partial charge on any atom is -0.474 e. The summed E-state index contributed by atoms with van der Waals surface area (Å²) in [5.41, 5.74) is 0.